The Bertz CT molecular complexity index is 525. The molecule has 0 radical (unpaired) electrons. The fourth-order valence-electron chi connectivity index (χ4n) is 2.13. The van der Waals surface area contributed by atoms with E-state index in [-0.39, 0.29) is 5.82 Å². The van der Waals surface area contributed by atoms with E-state index in [1.54, 1.807) is 12.3 Å². The predicted octanol–water partition coefficient (Wildman–Crippen LogP) is 2.46. The van der Waals surface area contributed by atoms with Crippen molar-refractivity contribution in [2.24, 2.45) is 5.73 Å². The first-order valence-corrected chi connectivity index (χ1v) is 5.83. The molecule has 0 bridgehead atoms. The predicted molar refractivity (Wildman–Crippen MR) is 69.6 cm³/mol. The smallest absolute Gasteiger partial charge is 0.123 e. The van der Waals surface area contributed by atoms with Crippen LogP contribution >= 0.6 is 0 Å². The molecule has 0 aliphatic carbocycles. The highest BCUT2D eigenvalue weighted by atomic mass is 19.1. The third kappa shape index (κ3) is 2.38. The number of nitrogen functional groups attached to an aromatic ring is 1. The van der Waals surface area contributed by atoms with Crippen molar-refractivity contribution < 1.29 is 8.81 Å². The van der Waals surface area contributed by atoms with Crippen LogP contribution in [0.5, 0.6) is 0 Å². The van der Waals surface area contributed by atoms with Crippen LogP contribution in [0.1, 0.15) is 18.2 Å². The van der Waals surface area contributed by atoms with Gasteiger partial charge >= 0.3 is 0 Å². The van der Waals surface area contributed by atoms with Crippen molar-refractivity contribution in [3.63, 3.8) is 0 Å². The maximum Gasteiger partial charge on any atom is 0.123 e. The van der Waals surface area contributed by atoms with E-state index in [1.807, 2.05) is 19.1 Å². The third-order valence-corrected chi connectivity index (χ3v) is 3.26. The number of halogens is 1. The quantitative estimate of drug-likeness (QED) is 0.817. The minimum absolute atomic E-state index is 0.307. The summed E-state index contributed by atoms with van der Waals surface area (Å²) in [5.74, 6) is 0.505. The minimum atomic E-state index is -0.440. The molecule has 0 aliphatic rings. The van der Waals surface area contributed by atoms with E-state index in [2.05, 4.69) is 0 Å². The standard InChI is InChI=1S/C14H17FN2O/c1-14(9-16,8-11-3-2-6-18-11)12-7-10(15)4-5-13(12)17/h2-7H,8-9,16-17H2,1H3. The van der Waals surface area contributed by atoms with Crippen molar-refractivity contribution in [2.45, 2.75) is 18.8 Å². The van der Waals surface area contributed by atoms with Crippen LogP contribution in [0.25, 0.3) is 0 Å². The lowest BCUT2D eigenvalue weighted by molar-refractivity contribution is 0.411. The van der Waals surface area contributed by atoms with Gasteiger partial charge in [0.1, 0.15) is 11.6 Å². The van der Waals surface area contributed by atoms with Gasteiger partial charge in [-0.15, -0.1) is 0 Å². The van der Waals surface area contributed by atoms with Crippen molar-refractivity contribution in [3.05, 3.63) is 53.7 Å². The van der Waals surface area contributed by atoms with Gasteiger partial charge in [0.2, 0.25) is 0 Å². The maximum atomic E-state index is 13.4. The minimum Gasteiger partial charge on any atom is -0.469 e. The van der Waals surface area contributed by atoms with Crippen LogP contribution in [0.3, 0.4) is 0 Å². The summed E-state index contributed by atoms with van der Waals surface area (Å²) in [6, 6.07) is 8.07. The largest absolute Gasteiger partial charge is 0.469 e. The summed E-state index contributed by atoms with van der Waals surface area (Å²) >= 11 is 0. The molecule has 4 N–H and O–H groups in total. The summed E-state index contributed by atoms with van der Waals surface area (Å²) in [5, 5.41) is 0. The Morgan fingerprint density at radius 2 is 2.11 bits per heavy atom. The van der Waals surface area contributed by atoms with Crippen LogP contribution in [-0.4, -0.2) is 6.54 Å². The van der Waals surface area contributed by atoms with Crippen LogP contribution < -0.4 is 11.5 Å². The topological polar surface area (TPSA) is 65.2 Å². The first-order chi connectivity index (χ1) is 8.55. The molecule has 0 aliphatic heterocycles. The molecule has 0 amide bonds. The SMILES string of the molecule is CC(CN)(Cc1ccco1)c1cc(F)ccc1N. The molecule has 1 unspecified atom stereocenters. The number of benzene rings is 1. The Morgan fingerprint density at radius 1 is 1.33 bits per heavy atom. The van der Waals surface area contributed by atoms with Crippen LogP contribution in [0.2, 0.25) is 0 Å². The van der Waals surface area contributed by atoms with Crippen molar-refractivity contribution >= 4 is 5.69 Å². The Labute approximate surface area is 106 Å². The van der Waals surface area contributed by atoms with Gasteiger partial charge < -0.3 is 15.9 Å². The van der Waals surface area contributed by atoms with Gasteiger partial charge in [-0.25, -0.2) is 4.39 Å². The average Bonchev–Trinajstić information content (AvgIpc) is 2.84. The molecule has 2 aromatic rings. The molecular weight excluding hydrogens is 231 g/mol. The van der Waals surface area contributed by atoms with Gasteiger partial charge in [0.25, 0.3) is 0 Å². The first kappa shape index (κ1) is 12.6. The molecule has 96 valence electrons. The van der Waals surface area contributed by atoms with E-state index in [0.717, 1.165) is 11.3 Å². The number of hydrogen-bond donors (Lipinski definition) is 2. The van der Waals surface area contributed by atoms with Crippen molar-refractivity contribution in [1.82, 2.24) is 0 Å². The number of rotatable bonds is 4. The van der Waals surface area contributed by atoms with Crippen LogP contribution in [0.4, 0.5) is 10.1 Å². The maximum absolute atomic E-state index is 13.4. The fourth-order valence-corrected chi connectivity index (χ4v) is 2.13. The van der Waals surface area contributed by atoms with E-state index >= 15 is 0 Å². The van der Waals surface area contributed by atoms with Crippen LogP contribution in [0, 0.1) is 5.82 Å². The van der Waals surface area contributed by atoms with Gasteiger partial charge in [-0.3, -0.25) is 0 Å². The van der Waals surface area contributed by atoms with Gasteiger partial charge in [-0.2, -0.15) is 0 Å². The summed E-state index contributed by atoms with van der Waals surface area (Å²) in [4.78, 5) is 0. The first-order valence-electron chi connectivity index (χ1n) is 5.83. The zero-order valence-corrected chi connectivity index (χ0v) is 10.3. The average molecular weight is 248 g/mol. The van der Waals surface area contributed by atoms with Crippen molar-refractivity contribution in [3.8, 4) is 0 Å². The van der Waals surface area contributed by atoms with Crippen molar-refractivity contribution in [1.29, 1.82) is 0 Å². The summed E-state index contributed by atoms with van der Waals surface area (Å²) < 4.78 is 18.7. The molecule has 1 aromatic carbocycles. The van der Waals surface area contributed by atoms with Crippen LogP contribution in [-0.2, 0) is 11.8 Å². The lowest BCUT2D eigenvalue weighted by Gasteiger charge is -2.29. The van der Waals surface area contributed by atoms with E-state index < -0.39 is 5.41 Å². The second kappa shape index (κ2) is 4.82. The molecule has 1 aromatic heterocycles. The van der Waals surface area contributed by atoms with Gasteiger partial charge in [0.05, 0.1) is 6.26 Å². The second-order valence-electron chi connectivity index (χ2n) is 4.75. The number of furan rings is 1. The molecule has 1 atom stereocenters. The Morgan fingerprint density at radius 3 is 2.72 bits per heavy atom. The molecule has 4 heteroatoms. The third-order valence-electron chi connectivity index (χ3n) is 3.26. The van der Waals surface area contributed by atoms with E-state index in [4.69, 9.17) is 15.9 Å². The molecule has 3 nitrogen and oxygen atoms in total. The number of nitrogens with two attached hydrogens (primary N) is 2. The normalized spacial score (nSPS) is 14.4. The monoisotopic (exact) mass is 248 g/mol. The molecular formula is C14H17FN2O. The molecule has 0 saturated heterocycles. The number of anilines is 1. The van der Waals surface area contributed by atoms with E-state index in [1.165, 1.54) is 12.1 Å². The molecule has 0 fully saturated rings. The lowest BCUT2D eigenvalue weighted by Crippen LogP contribution is -2.35. The molecule has 18 heavy (non-hydrogen) atoms. The van der Waals surface area contributed by atoms with Crippen molar-refractivity contribution in [2.75, 3.05) is 12.3 Å². The van der Waals surface area contributed by atoms with Gasteiger partial charge in [-0.05, 0) is 35.9 Å². The van der Waals surface area contributed by atoms with Crippen LogP contribution in [0.15, 0.2) is 41.0 Å². The van der Waals surface area contributed by atoms with E-state index in [9.17, 15) is 4.39 Å². The van der Waals surface area contributed by atoms with Gasteiger partial charge in [0.15, 0.2) is 0 Å². The van der Waals surface area contributed by atoms with E-state index in [0.29, 0.717) is 18.7 Å². The lowest BCUT2D eigenvalue weighted by atomic mass is 9.78. The second-order valence-corrected chi connectivity index (χ2v) is 4.75. The highest BCUT2D eigenvalue weighted by Crippen LogP contribution is 2.32. The zero-order valence-electron chi connectivity index (χ0n) is 10.3. The highest BCUT2D eigenvalue weighted by Gasteiger charge is 2.29. The highest BCUT2D eigenvalue weighted by molar-refractivity contribution is 5.51. The molecule has 0 spiro atoms. The van der Waals surface area contributed by atoms with Gasteiger partial charge in [-0.1, -0.05) is 6.92 Å². The Hall–Kier alpha value is -1.81. The summed E-state index contributed by atoms with van der Waals surface area (Å²) in [7, 11) is 0. The Kier molecular flexibility index (Phi) is 3.39. The summed E-state index contributed by atoms with van der Waals surface area (Å²) in [5.41, 5.74) is 12.6. The fraction of sp³-hybridized carbons (Fsp3) is 0.286. The summed E-state index contributed by atoms with van der Waals surface area (Å²) in [6.45, 7) is 2.32. The van der Waals surface area contributed by atoms with Gasteiger partial charge in [0, 0.05) is 24.1 Å². The molecule has 0 saturated carbocycles. The summed E-state index contributed by atoms with van der Waals surface area (Å²) in [6.07, 6.45) is 2.20. The Balaban J connectivity index is 2.39. The molecule has 2 rings (SSSR count). The molecule has 1 heterocycles. The zero-order chi connectivity index (χ0) is 13.2. The number of hydrogen-bond acceptors (Lipinski definition) is 3.